The summed E-state index contributed by atoms with van der Waals surface area (Å²) in [5.41, 5.74) is -0.599. The molecular weight excluding hydrogens is 284 g/mol. The first kappa shape index (κ1) is 14.7. The Hall–Kier alpha value is -1.67. The molecule has 0 heterocycles. The molecule has 0 aliphatic heterocycles. The Bertz CT molecular complexity index is 625. The largest absolute Gasteiger partial charge is 0.502 e. The summed E-state index contributed by atoms with van der Waals surface area (Å²) in [5, 5.41) is 20.2. The van der Waals surface area contributed by atoms with E-state index in [0.29, 0.717) is 13.0 Å². The fraction of sp³-hybridized carbons (Fsp3) is 0.500. The summed E-state index contributed by atoms with van der Waals surface area (Å²) in [6.07, 6.45) is 2.31. The highest BCUT2D eigenvalue weighted by Gasteiger charge is 2.38. The second-order valence-corrected chi connectivity index (χ2v) is 6.65. The third-order valence-corrected chi connectivity index (χ3v) is 5.10. The lowest BCUT2D eigenvalue weighted by Crippen LogP contribution is -2.33. The molecule has 2 rings (SSSR count). The van der Waals surface area contributed by atoms with Crippen molar-refractivity contribution >= 4 is 15.7 Å². The number of aromatic hydroxyl groups is 1. The van der Waals surface area contributed by atoms with E-state index in [1.165, 1.54) is 10.4 Å². The lowest BCUT2D eigenvalue weighted by molar-refractivity contribution is -0.386. The number of nitrogens with zero attached hydrogens (tertiary/aromatic N) is 2. The lowest BCUT2D eigenvalue weighted by atomic mass is 10.3. The molecule has 7 nitrogen and oxygen atoms in total. The van der Waals surface area contributed by atoms with Gasteiger partial charge in [-0.25, -0.2) is 8.42 Å². The number of phenolic OH excluding ortho intramolecular Hbond substituents is 1. The fourth-order valence-electron chi connectivity index (χ4n) is 2.03. The van der Waals surface area contributed by atoms with Crippen LogP contribution in [0.15, 0.2) is 23.1 Å². The van der Waals surface area contributed by atoms with Crippen molar-refractivity contribution < 1.29 is 18.4 Å². The molecule has 0 spiro atoms. The first-order valence-electron chi connectivity index (χ1n) is 6.37. The average molecular weight is 300 g/mol. The SMILES string of the molecule is CCCN(C1CC1)S(=O)(=O)c1ccc(O)c([N+](=O)[O-])c1. The van der Waals surface area contributed by atoms with Crippen molar-refractivity contribution in [3.05, 3.63) is 28.3 Å². The quantitative estimate of drug-likeness (QED) is 0.638. The zero-order valence-corrected chi connectivity index (χ0v) is 11.8. The van der Waals surface area contributed by atoms with Gasteiger partial charge in [-0.15, -0.1) is 0 Å². The molecule has 20 heavy (non-hydrogen) atoms. The first-order chi connectivity index (χ1) is 9.37. The van der Waals surface area contributed by atoms with Gasteiger partial charge < -0.3 is 5.11 Å². The number of benzene rings is 1. The Balaban J connectivity index is 2.42. The van der Waals surface area contributed by atoms with Gasteiger partial charge in [0.2, 0.25) is 10.0 Å². The maximum atomic E-state index is 12.5. The van der Waals surface area contributed by atoms with E-state index in [4.69, 9.17) is 0 Å². The molecule has 0 aromatic heterocycles. The van der Waals surface area contributed by atoms with Crippen LogP contribution in [-0.4, -0.2) is 35.3 Å². The Morgan fingerprint density at radius 1 is 1.45 bits per heavy atom. The molecule has 0 atom stereocenters. The molecule has 1 saturated carbocycles. The first-order valence-corrected chi connectivity index (χ1v) is 7.81. The van der Waals surface area contributed by atoms with Gasteiger partial charge in [0.15, 0.2) is 5.75 Å². The number of nitro benzene ring substituents is 1. The Labute approximate surface area is 117 Å². The maximum Gasteiger partial charge on any atom is 0.312 e. The summed E-state index contributed by atoms with van der Waals surface area (Å²) in [6.45, 7) is 2.27. The van der Waals surface area contributed by atoms with Crippen LogP contribution in [0, 0.1) is 10.1 Å². The van der Waals surface area contributed by atoms with E-state index in [0.717, 1.165) is 25.0 Å². The minimum atomic E-state index is -3.75. The van der Waals surface area contributed by atoms with Crippen LogP contribution in [0.4, 0.5) is 5.69 Å². The van der Waals surface area contributed by atoms with Crippen molar-refractivity contribution in [2.75, 3.05) is 6.54 Å². The van der Waals surface area contributed by atoms with Crippen molar-refractivity contribution in [2.24, 2.45) is 0 Å². The zero-order chi connectivity index (χ0) is 14.9. The zero-order valence-electron chi connectivity index (χ0n) is 11.0. The highest BCUT2D eigenvalue weighted by molar-refractivity contribution is 7.89. The second-order valence-electron chi connectivity index (χ2n) is 4.75. The fourth-order valence-corrected chi connectivity index (χ4v) is 3.82. The number of nitro groups is 1. The highest BCUT2D eigenvalue weighted by Crippen LogP contribution is 2.34. The Morgan fingerprint density at radius 2 is 2.10 bits per heavy atom. The van der Waals surface area contributed by atoms with E-state index in [2.05, 4.69) is 0 Å². The molecule has 0 amide bonds. The summed E-state index contributed by atoms with van der Waals surface area (Å²) >= 11 is 0. The molecule has 0 saturated heterocycles. The molecule has 0 bridgehead atoms. The Morgan fingerprint density at radius 3 is 2.60 bits per heavy atom. The lowest BCUT2D eigenvalue weighted by Gasteiger charge is -2.21. The molecule has 110 valence electrons. The maximum absolute atomic E-state index is 12.5. The molecule has 1 aliphatic rings. The van der Waals surface area contributed by atoms with Gasteiger partial charge in [-0.1, -0.05) is 6.92 Å². The standard InChI is InChI=1S/C12H16N2O5S/c1-2-7-13(9-3-4-9)20(18,19)10-5-6-12(15)11(8-10)14(16)17/h5-6,8-9,15H,2-4,7H2,1H3. The second kappa shape index (κ2) is 5.37. The van der Waals surface area contributed by atoms with Gasteiger partial charge in [0.1, 0.15) is 0 Å². The van der Waals surface area contributed by atoms with Crippen LogP contribution in [0.5, 0.6) is 5.75 Å². The van der Waals surface area contributed by atoms with Crippen molar-refractivity contribution in [2.45, 2.75) is 37.1 Å². The van der Waals surface area contributed by atoms with Gasteiger partial charge in [-0.3, -0.25) is 10.1 Å². The van der Waals surface area contributed by atoms with Crippen molar-refractivity contribution in [1.29, 1.82) is 0 Å². The minimum absolute atomic E-state index is 0.00666. The molecule has 1 aromatic carbocycles. The Kier molecular flexibility index (Phi) is 3.96. The van der Waals surface area contributed by atoms with Gasteiger partial charge in [0.25, 0.3) is 0 Å². The van der Waals surface area contributed by atoms with Crippen LogP contribution in [0.2, 0.25) is 0 Å². The van der Waals surface area contributed by atoms with Crippen LogP contribution in [-0.2, 0) is 10.0 Å². The van der Waals surface area contributed by atoms with E-state index in [-0.39, 0.29) is 10.9 Å². The summed E-state index contributed by atoms with van der Waals surface area (Å²) in [7, 11) is -3.75. The van der Waals surface area contributed by atoms with E-state index >= 15 is 0 Å². The number of hydrogen-bond acceptors (Lipinski definition) is 5. The molecule has 1 fully saturated rings. The number of phenols is 1. The van der Waals surface area contributed by atoms with Crippen LogP contribution in [0.3, 0.4) is 0 Å². The van der Waals surface area contributed by atoms with Gasteiger partial charge in [0.05, 0.1) is 9.82 Å². The molecule has 0 unspecified atom stereocenters. The van der Waals surface area contributed by atoms with E-state index < -0.39 is 26.4 Å². The summed E-state index contributed by atoms with van der Waals surface area (Å²) in [5.74, 6) is -0.539. The summed E-state index contributed by atoms with van der Waals surface area (Å²) in [6, 6.07) is 3.15. The van der Waals surface area contributed by atoms with E-state index in [1.807, 2.05) is 6.92 Å². The van der Waals surface area contributed by atoms with Crippen molar-refractivity contribution in [3.63, 3.8) is 0 Å². The van der Waals surface area contributed by atoms with Gasteiger partial charge in [0, 0.05) is 18.7 Å². The highest BCUT2D eigenvalue weighted by atomic mass is 32.2. The monoisotopic (exact) mass is 300 g/mol. The van der Waals surface area contributed by atoms with Crippen LogP contribution < -0.4 is 0 Å². The van der Waals surface area contributed by atoms with Crippen LogP contribution in [0.1, 0.15) is 26.2 Å². The van der Waals surface area contributed by atoms with E-state index in [1.54, 1.807) is 0 Å². The van der Waals surface area contributed by atoms with Gasteiger partial charge >= 0.3 is 5.69 Å². The summed E-state index contributed by atoms with van der Waals surface area (Å²) < 4.78 is 26.4. The number of sulfonamides is 1. The molecule has 0 radical (unpaired) electrons. The van der Waals surface area contributed by atoms with Crippen molar-refractivity contribution in [1.82, 2.24) is 4.31 Å². The molecule has 1 N–H and O–H groups in total. The molecular formula is C12H16N2O5S. The normalized spacial score (nSPS) is 15.5. The smallest absolute Gasteiger partial charge is 0.312 e. The third kappa shape index (κ3) is 2.75. The van der Waals surface area contributed by atoms with Crippen LogP contribution >= 0.6 is 0 Å². The third-order valence-electron chi connectivity index (χ3n) is 3.15. The average Bonchev–Trinajstić information content (AvgIpc) is 3.19. The van der Waals surface area contributed by atoms with E-state index in [9.17, 15) is 23.6 Å². The number of rotatable bonds is 6. The number of hydrogen-bond donors (Lipinski definition) is 1. The topological polar surface area (TPSA) is 101 Å². The van der Waals surface area contributed by atoms with Crippen LogP contribution in [0.25, 0.3) is 0 Å². The predicted octanol–water partition coefficient (Wildman–Crippen LogP) is 1.86. The van der Waals surface area contributed by atoms with Gasteiger partial charge in [-0.05, 0) is 31.4 Å². The summed E-state index contributed by atoms with van der Waals surface area (Å²) in [4.78, 5) is 9.83. The predicted molar refractivity (Wildman–Crippen MR) is 72.0 cm³/mol. The molecule has 1 aromatic rings. The van der Waals surface area contributed by atoms with Crippen molar-refractivity contribution in [3.8, 4) is 5.75 Å². The molecule has 1 aliphatic carbocycles. The minimum Gasteiger partial charge on any atom is -0.502 e. The molecule has 8 heteroatoms. The van der Waals surface area contributed by atoms with Gasteiger partial charge in [-0.2, -0.15) is 4.31 Å².